The normalized spacial score (nSPS) is 60.3. The molecule has 0 unspecified atom stereocenters. The molecule has 4 saturated heterocycles. The highest BCUT2D eigenvalue weighted by Crippen LogP contribution is 2.73. The fourth-order valence-corrected chi connectivity index (χ4v) is 9.56. The molecule has 0 amide bonds. The van der Waals surface area contributed by atoms with Crippen molar-refractivity contribution < 1.29 is 24.1 Å². The van der Waals surface area contributed by atoms with Gasteiger partial charge in [-0.2, -0.15) is 0 Å². The smallest absolute Gasteiger partial charge is 0.131 e. The molecule has 7 fully saturated rings. The van der Waals surface area contributed by atoms with Crippen LogP contribution < -0.4 is 0 Å². The molecule has 4 aliphatic heterocycles. The van der Waals surface area contributed by atoms with Crippen LogP contribution in [0.1, 0.15) is 86.0 Å². The van der Waals surface area contributed by atoms with E-state index in [0.29, 0.717) is 41.3 Å². The molecule has 1 N–H and O–H groups in total. The van der Waals surface area contributed by atoms with Crippen LogP contribution in [0.5, 0.6) is 0 Å². The van der Waals surface area contributed by atoms with E-state index in [9.17, 15) is 5.11 Å². The zero-order valence-corrected chi connectivity index (χ0v) is 21.2. The van der Waals surface area contributed by atoms with Gasteiger partial charge >= 0.3 is 0 Å². The van der Waals surface area contributed by atoms with E-state index < -0.39 is 0 Å². The summed E-state index contributed by atoms with van der Waals surface area (Å²) < 4.78 is 25.5. The highest BCUT2D eigenvalue weighted by atomic mass is 16.7. The van der Waals surface area contributed by atoms with Crippen molar-refractivity contribution in [2.45, 2.75) is 133 Å². The van der Waals surface area contributed by atoms with Crippen LogP contribution in [0.25, 0.3) is 0 Å². The summed E-state index contributed by atoms with van der Waals surface area (Å²) in [6, 6.07) is 0. The Morgan fingerprint density at radius 3 is 2.42 bits per heavy atom. The van der Waals surface area contributed by atoms with Gasteiger partial charge in [-0.3, -0.25) is 0 Å². The molecule has 4 heterocycles. The quantitative estimate of drug-likeness (QED) is 0.612. The Hall–Kier alpha value is -0.200. The van der Waals surface area contributed by atoms with Gasteiger partial charge in [0.15, 0.2) is 0 Å². The molecule has 3 aliphatic carbocycles. The molecule has 33 heavy (non-hydrogen) atoms. The molecule has 5 nitrogen and oxygen atoms in total. The minimum Gasteiger partial charge on any atom is -0.393 e. The number of aliphatic hydroxyl groups excluding tert-OH is 1. The lowest BCUT2D eigenvalue weighted by Crippen LogP contribution is -2.48. The lowest BCUT2D eigenvalue weighted by atomic mass is 9.57. The predicted molar refractivity (Wildman–Crippen MR) is 124 cm³/mol. The molecule has 186 valence electrons. The van der Waals surface area contributed by atoms with Crippen LogP contribution in [0.2, 0.25) is 0 Å². The van der Waals surface area contributed by atoms with E-state index in [2.05, 4.69) is 34.6 Å². The monoisotopic (exact) mass is 460 g/mol. The predicted octanol–water partition coefficient (Wildman–Crippen LogP) is 4.49. The highest BCUT2D eigenvalue weighted by molar-refractivity contribution is 5.32. The molecule has 7 aliphatic rings. The van der Waals surface area contributed by atoms with Crippen LogP contribution in [0.3, 0.4) is 0 Å². The average Bonchev–Trinajstić information content (AvgIpc) is 3.60. The first-order valence-electron chi connectivity index (χ1n) is 14.0. The Morgan fingerprint density at radius 2 is 1.70 bits per heavy atom. The Bertz CT molecular complexity index is 825. The Labute approximate surface area is 199 Å². The van der Waals surface area contributed by atoms with Crippen molar-refractivity contribution >= 4 is 0 Å². The number of rotatable bonds is 5. The van der Waals surface area contributed by atoms with Gasteiger partial charge in [0.1, 0.15) is 29.0 Å². The Morgan fingerprint density at radius 1 is 0.909 bits per heavy atom. The fraction of sp³-hybridized carbons (Fsp3) is 1.00. The molecule has 0 aromatic rings. The Kier molecular flexibility index (Phi) is 4.51. The van der Waals surface area contributed by atoms with E-state index in [1.807, 2.05) is 0 Å². The average molecular weight is 461 g/mol. The van der Waals surface area contributed by atoms with Gasteiger partial charge in [-0.15, -0.1) is 0 Å². The Balaban J connectivity index is 1.08. The van der Waals surface area contributed by atoms with Gasteiger partial charge in [-0.05, 0) is 80.0 Å². The van der Waals surface area contributed by atoms with Crippen molar-refractivity contribution in [3.63, 3.8) is 0 Å². The summed E-state index contributed by atoms with van der Waals surface area (Å²) >= 11 is 0. The standard InChI is InChI=1S/C28H44O5/c1-15(2)16(3)21-22(31-21)17(4)19-7-8-20-25(19,5)10-6-11-27(20)23(32-27)24-28(33-24)13-18(29)9-12-26(28)14-30-26/h15-24,29H,6-14H2,1-5H3/t16-,17+,18+,19-,20-,21-,22-,23+,24-,25-,26-,27+,28-/m1/s1. The first kappa shape index (κ1) is 22.0. The molecule has 5 heteroatoms. The van der Waals surface area contributed by atoms with E-state index in [-0.39, 0.29) is 35.1 Å². The van der Waals surface area contributed by atoms with Crippen molar-refractivity contribution in [1.29, 1.82) is 0 Å². The molecule has 0 aromatic heterocycles. The second-order valence-corrected chi connectivity index (χ2v) is 13.7. The van der Waals surface area contributed by atoms with Gasteiger partial charge in [0, 0.05) is 6.42 Å². The summed E-state index contributed by atoms with van der Waals surface area (Å²) in [6.07, 6.45) is 9.82. The molecule has 13 atom stereocenters. The van der Waals surface area contributed by atoms with E-state index in [4.69, 9.17) is 18.9 Å². The van der Waals surface area contributed by atoms with E-state index in [0.717, 1.165) is 31.8 Å². The molecule has 0 bridgehead atoms. The largest absolute Gasteiger partial charge is 0.393 e. The van der Waals surface area contributed by atoms with E-state index in [1.165, 1.54) is 32.1 Å². The minimum atomic E-state index is -0.278. The van der Waals surface area contributed by atoms with Crippen molar-refractivity contribution in [1.82, 2.24) is 0 Å². The molecule has 0 radical (unpaired) electrons. The molecular formula is C28H44O5. The lowest BCUT2D eigenvalue weighted by Gasteiger charge is -2.46. The van der Waals surface area contributed by atoms with Gasteiger partial charge in [0.05, 0.1) is 24.9 Å². The van der Waals surface area contributed by atoms with Crippen LogP contribution in [0.15, 0.2) is 0 Å². The summed E-state index contributed by atoms with van der Waals surface area (Å²) in [6.45, 7) is 12.9. The maximum atomic E-state index is 10.4. The van der Waals surface area contributed by atoms with Crippen molar-refractivity contribution in [3.8, 4) is 0 Å². The summed E-state index contributed by atoms with van der Waals surface area (Å²) in [4.78, 5) is 0. The second kappa shape index (κ2) is 6.76. The number of ether oxygens (including phenoxy) is 4. The highest BCUT2D eigenvalue weighted by Gasteiger charge is 2.85. The van der Waals surface area contributed by atoms with Crippen LogP contribution in [-0.2, 0) is 18.9 Å². The van der Waals surface area contributed by atoms with Gasteiger partial charge in [-0.1, -0.05) is 34.6 Å². The zero-order chi connectivity index (χ0) is 23.0. The topological polar surface area (TPSA) is 70.3 Å². The molecular weight excluding hydrogens is 416 g/mol. The van der Waals surface area contributed by atoms with Crippen LogP contribution in [0, 0.1) is 35.0 Å². The SMILES string of the molecule is CC(C)[C@@H](C)[C@H]1O[C@@H]1[C@@H](C)[C@H]1CC[C@@H]2[C@]1(C)CCC[C@]21O[C@H]1[C@H]1O[C@]12C[C@@H](O)CC[C@@]21CO1. The molecule has 3 spiro atoms. The van der Waals surface area contributed by atoms with Crippen LogP contribution in [-0.4, -0.2) is 59.0 Å². The third-order valence-electron chi connectivity index (χ3n) is 12.0. The fourth-order valence-electron chi connectivity index (χ4n) is 9.56. The number of aliphatic hydroxyl groups is 1. The summed E-state index contributed by atoms with van der Waals surface area (Å²) in [5.41, 5.74) is -0.0603. The lowest BCUT2D eigenvalue weighted by molar-refractivity contribution is 0.00697. The second-order valence-electron chi connectivity index (χ2n) is 13.7. The van der Waals surface area contributed by atoms with Gasteiger partial charge in [-0.25, -0.2) is 0 Å². The van der Waals surface area contributed by atoms with Crippen molar-refractivity contribution in [3.05, 3.63) is 0 Å². The number of epoxide rings is 4. The number of hydrogen-bond donors (Lipinski definition) is 1. The summed E-state index contributed by atoms with van der Waals surface area (Å²) in [5.74, 6) is 3.30. The summed E-state index contributed by atoms with van der Waals surface area (Å²) in [7, 11) is 0. The van der Waals surface area contributed by atoms with Gasteiger partial charge < -0.3 is 24.1 Å². The van der Waals surface area contributed by atoms with Gasteiger partial charge in [0.25, 0.3) is 0 Å². The minimum absolute atomic E-state index is 0.00312. The zero-order valence-electron chi connectivity index (χ0n) is 21.2. The van der Waals surface area contributed by atoms with E-state index >= 15 is 0 Å². The third kappa shape index (κ3) is 2.84. The molecule has 0 aromatic carbocycles. The first-order chi connectivity index (χ1) is 15.7. The van der Waals surface area contributed by atoms with Gasteiger partial charge in [0.2, 0.25) is 0 Å². The van der Waals surface area contributed by atoms with Crippen molar-refractivity contribution in [2.24, 2.45) is 35.0 Å². The first-order valence-corrected chi connectivity index (χ1v) is 14.0. The number of hydrogen-bond acceptors (Lipinski definition) is 5. The van der Waals surface area contributed by atoms with E-state index in [1.54, 1.807) is 0 Å². The van der Waals surface area contributed by atoms with Crippen molar-refractivity contribution in [2.75, 3.05) is 6.61 Å². The molecule has 7 rings (SSSR count). The van der Waals surface area contributed by atoms with Crippen LogP contribution >= 0.6 is 0 Å². The number of fused-ring (bicyclic) bond motifs is 3. The summed E-state index contributed by atoms with van der Waals surface area (Å²) in [5, 5.41) is 10.4. The maximum Gasteiger partial charge on any atom is 0.131 e. The maximum absolute atomic E-state index is 10.4. The third-order valence-corrected chi connectivity index (χ3v) is 12.0. The molecule has 3 saturated carbocycles. The van der Waals surface area contributed by atoms with Crippen LogP contribution in [0.4, 0.5) is 0 Å².